The predicted molar refractivity (Wildman–Crippen MR) is 128 cm³/mol. The van der Waals surface area contributed by atoms with Crippen molar-refractivity contribution < 1.29 is 24.2 Å². The number of rotatable bonds is 8. The Labute approximate surface area is 200 Å². The molecule has 1 atom stereocenters. The topological polar surface area (TPSA) is 95.9 Å². The Balaban J connectivity index is 1.45. The van der Waals surface area contributed by atoms with Crippen LogP contribution in [0.2, 0.25) is 0 Å². The van der Waals surface area contributed by atoms with Crippen LogP contribution in [0.3, 0.4) is 0 Å². The van der Waals surface area contributed by atoms with Gasteiger partial charge in [-0.3, -0.25) is 9.59 Å². The molecule has 7 heteroatoms. The molecule has 2 N–H and O–H groups in total. The number of ether oxygens (including phenoxy) is 1. The van der Waals surface area contributed by atoms with Gasteiger partial charge in [0, 0.05) is 18.5 Å². The number of hydrogen-bond acceptors (Lipinski definition) is 4. The molecule has 0 aliphatic heterocycles. The first-order valence-corrected chi connectivity index (χ1v) is 11.8. The number of aliphatic carboxylic acids is 1. The van der Waals surface area contributed by atoms with Gasteiger partial charge in [0.05, 0.1) is 6.42 Å². The fraction of sp³-hybridized carbons (Fsp3) is 0.444. The second-order valence-corrected chi connectivity index (χ2v) is 10.2. The molecular weight excluding hydrogens is 432 g/mol. The average molecular weight is 465 g/mol. The van der Waals surface area contributed by atoms with E-state index in [0.717, 1.165) is 35.1 Å². The van der Waals surface area contributed by atoms with Crippen LogP contribution < -0.4 is 5.32 Å². The van der Waals surface area contributed by atoms with Crippen molar-refractivity contribution >= 4 is 18.0 Å². The number of amides is 2. The second kappa shape index (κ2) is 9.49. The zero-order valence-corrected chi connectivity index (χ0v) is 19.9. The van der Waals surface area contributed by atoms with E-state index >= 15 is 0 Å². The van der Waals surface area contributed by atoms with E-state index in [0.29, 0.717) is 0 Å². The Bertz CT molecular complexity index is 1040. The fourth-order valence-corrected chi connectivity index (χ4v) is 4.65. The molecule has 34 heavy (non-hydrogen) atoms. The molecule has 2 aromatic rings. The number of alkyl carbamates (subject to hydrolysis) is 1. The van der Waals surface area contributed by atoms with Crippen molar-refractivity contribution in [2.24, 2.45) is 5.41 Å². The van der Waals surface area contributed by atoms with Gasteiger partial charge in [-0.15, -0.1) is 0 Å². The van der Waals surface area contributed by atoms with Crippen LogP contribution in [-0.2, 0) is 14.3 Å². The highest BCUT2D eigenvalue weighted by atomic mass is 16.5. The van der Waals surface area contributed by atoms with E-state index < -0.39 is 23.5 Å². The Morgan fingerprint density at radius 2 is 1.59 bits per heavy atom. The van der Waals surface area contributed by atoms with Gasteiger partial charge in [0.15, 0.2) is 0 Å². The van der Waals surface area contributed by atoms with E-state index in [1.54, 1.807) is 4.90 Å². The van der Waals surface area contributed by atoms with Crippen LogP contribution in [0.25, 0.3) is 11.1 Å². The fourth-order valence-electron chi connectivity index (χ4n) is 4.65. The largest absolute Gasteiger partial charge is 0.481 e. The lowest BCUT2D eigenvalue weighted by atomic mass is 9.85. The first kappa shape index (κ1) is 23.8. The third kappa shape index (κ3) is 5.08. The van der Waals surface area contributed by atoms with Gasteiger partial charge in [0.25, 0.3) is 0 Å². The molecule has 0 saturated heterocycles. The third-order valence-electron chi connectivity index (χ3n) is 6.56. The summed E-state index contributed by atoms with van der Waals surface area (Å²) >= 11 is 0. The van der Waals surface area contributed by atoms with Crippen molar-refractivity contribution in [1.29, 1.82) is 0 Å². The summed E-state index contributed by atoms with van der Waals surface area (Å²) in [5.41, 5.74) is 3.96. The molecule has 2 aliphatic rings. The van der Waals surface area contributed by atoms with Gasteiger partial charge in [0.1, 0.15) is 12.6 Å². The Kier molecular flexibility index (Phi) is 6.64. The lowest BCUT2D eigenvalue weighted by Crippen LogP contribution is -2.55. The van der Waals surface area contributed by atoms with Crippen molar-refractivity contribution in [2.75, 3.05) is 13.2 Å². The SMILES string of the molecule is CC(C)(C)[C@H](NC(=O)OCC1c2ccccc2-c2ccccc21)C(=O)N(CCC(=O)O)C1CC1. The lowest BCUT2D eigenvalue weighted by Gasteiger charge is -2.34. The summed E-state index contributed by atoms with van der Waals surface area (Å²) in [5, 5.41) is 11.9. The van der Waals surface area contributed by atoms with Crippen LogP contribution in [0.5, 0.6) is 0 Å². The van der Waals surface area contributed by atoms with Crippen molar-refractivity contribution in [3.8, 4) is 11.1 Å². The Morgan fingerprint density at radius 3 is 2.09 bits per heavy atom. The smallest absolute Gasteiger partial charge is 0.407 e. The first-order chi connectivity index (χ1) is 16.2. The normalized spacial score (nSPS) is 15.7. The van der Waals surface area contributed by atoms with Crippen LogP contribution in [0, 0.1) is 5.41 Å². The third-order valence-corrected chi connectivity index (χ3v) is 6.56. The molecule has 2 aromatic carbocycles. The summed E-state index contributed by atoms with van der Waals surface area (Å²) in [6.07, 6.45) is 0.939. The van der Waals surface area contributed by atoms with Crippen LogP contribution in [0.4, 0.5) is 4.79 Å². The highest BCUT2D eigenvalue weighted by Crippen LogP contribution is 2.44. The van der Waals surface area contributed by atoms with E-state index in [1.807, 2.05) is 45.0 Å². The number of carbonyl (C=O) groups is 3. The zero-order chi connectivity index (χ0) is 24.5. The number of benzene rings is 2. The van der Waals surface area contributed by atoms with E-state index in [1.165, 1.54) is 0 Å². The summed E-state index contributed by atoms with van der Waals surface area (Å²) in [5.74, 6) is -1.28. The highest BCUT2D eigenvalue weighted by Gasteiger charge is 2.41. The summed E-state index contributed by atoms with van der Waals surface area (Å²) in [6, 6.07) is 15.4. The quantitative estimate of drug-likeness (QED) is 0.604. The van der Waals surface area contributed by atoms with Gasteiger partial charge in [-0.25, -0.2) is 4.79 Å². The van der Waals surface area contributed by atoms with E-state index in [9.17, 15) is 14.4 Å². The number of nitrogens with zero attached hydrogens (tertiary/aromatic N) is 1. The molecule has 0 heterocycles. The zero-order valence-electron chi connectivity index (χ0n) is 19.9. The maximum atomic E-state index is 13.4. The molecule has 1 fully saturated rings. The molecule has 0 radical (unpaired) electrons. The number of carboxylic acid groups (broad SMARTS) is 1. The monoisotopic (exact) mass is 464 g/mol. The summed E-state index contributed by atoms with van der Waals surface area (Å²) < 4.78 is 5.65. The number of carboxylic acids is 1. The van der Waals surface area contributed by atoms with E-state index in [2.05, 4.69) is 29.6 Å². The molecule has 180 valence electrons. The van der Waals surface area contributed by atoms with Gasteiger partial charge in [-0.05, 0) is 40.5 Å². The summed E-state index contributed by atoms with van der Waals surface area (Å²) in [6.45, 7) is 5.93. The molecule has 4 rings (SSSR count). The predicted octanol–water partition coefficient (Wildman–Crippen LogP) is 4.41. The molecule has 0 unspecified atom stereocenters. The van der Waals surface area contributed by atoms with Crippen molar-refractivity contribution in [3.05, 3.63) is 59.7 Å². The minimum Gasteiger partial charge on any atom is -0.481 e. The van der Waals surface area contributed by atoms with Crippen LogP contribution >= 0.6 is 0 Å². The van der Waals surface area contributed by atoms with Crippen LogP contribution in [0.1, 0.15) is 57.1 Å². The molecule has 0 aromatic heterocycles. The number of nitrogens with one attached hydrogen (secondary N) is 1. The summed E-state index contributed by atoms with van der Waals surface area (Å²) in [7, 11) is 0. The van der Waals surface area contributed by atoms with Crippen LogP contribution in [0.15, 0.2) is 48.5 Å². The minimum absolute atomic E-state index is 0.0426. The standard InChI is InChI=1S/C27H32N2O5/c1-27(2,3)24(25(32)29(17-12-13-17)15-14-23(30)31)28-26(33)34-16-22-20-10-6-4-8-18(20)19-9-5-7-11-21(19)22/h4-11,17,22,24H,12-16H2,1-3H3,(H,28,33)(H,30,31)/t24-/m1/s1. The minimum atomic E-state index is -0.949. The highest BCUT2D eigenvalue weighted by molar-refractivity contribution is 5.87. The number of hydrogen-bond donors (Lipinski definition) is 2. The number of fused-ring (bicyclic) bond motifs is 3. The molecule has 1 saturated carbocycles. The van der Waals surface area contributed by atoms with Gasteiger partial charge >= 0.3 is 12.1 Å². The van der Waals surface area contributed by atoms with Crippen molar-refractivity contribution in [3.63, 3.8) is 0 Å². The molecule has 2 aliphatic carbocycles. The average Bonchev–Trinajstić information content (AvgIpc) is 3.57. The van der Waals surface area contributed by atoms with Gasteiger partial charge in [-0.1, -0.05) is 69.3 Å². The van der Waals surface area contributed by atoms with Crippen LogP contribution in [-0.4, -0.2) is 53.2 Å². The molecular formula is C27H32N2O5. The van der Waals surface area contributed by atoms with E-state index in [4.69, 9.17) is 9.84 Å². The van der Waals surface area contributed by atoms with E-state index in [-0.39, 0.29) is 37.4 Å². The number of carbonyl (C=O) groups excluding carboxylic acids is 2. The van der Waals surface area contributed by atoms with Crippen molar-refractivity contribution in [2.45, 2.75) is 58.0 Å². The van der Waals surface area contributed by atoms with Gasteiger partial charge in [-0.2, -0.15) is 0 Å². The maximum absolute atomic E-state index is 13.4. The molecule has 0 bridgehead atoms. The summed E-state index contributed by atoms with van der Waals surface area (Å²) in [4.78, 5) is 38.9. The second-order valence-electron chi connectivity index (χ2n) is 10.2. The first-order valence-electron chi connectivity index (χ1n) is 11.8. The van der Waals surface area contributed by atoms with Gasteiger partial charge < -0.3 is 20.1 Å². The van der Waals surface area contributed by atoms with Crippen molar-refractivity contribution in [1.82, 2.24) is 10.2 Å². The Hall–Kier alpha value is -3.35. The lowest BCUT2D eigenvalue weighted by molar-refractivity contribution is -0.140. The molecule has 0 spiro atoms. The Morgan fingerprint density at radius 1 is 1.03 bits per heavy atom. The molecule has 7 nitrogen and oxygen atoms in total. The van der Waals surface area contributed by atoms with Gasteiger partial charge in [0.2, 0.25) is 5.91 Å². The molecule has 2 amide bonds. The maximum Gasteiger partial charge on any atom is 0.407 e.